The smallest absolute Gasteiger partial charge is 0.490 e. The third kappa shape index (κ3) is 9.03. The van der Waals surface area contributed by atoms with Crippen LogP contribution < -0.4 is 25.4 Å². The van der Waals surface area contributed by atoms with Crippen LogP contribution in [0, 0.1) is 0 Å². The van der Waals surface area contributed by atoms with Crippen molar-refractivity contribution in [2.75, 3.05) is 30.1 Å². The second-order valence-electron chi connectivity index (χ2n) is 6.92. The number of hydrogen-bond donors (Lipinski definition) is 4. The molecule has 204 valence electrons. The monoisotopic (exact) mass is 547 g/mol. The Labute approximate surface area is 210 Å². The Morgan fingerprint density at radius 3 is 2.08 bits per heavy atom. The highest BCUT2D eigenvalue weighted by Gasteiger charge is 2.38. The van der Waals surface area contributed by atoms with Crippen LogP contribution in [0.4, 0.5) is 48.3 Å². The van der Waals surface area contributed by atoms with Crippen LogP contribution in [0.1, 0.15) is 5.56 Å². The maximum absolute atomic E-state index is 12.8. The molecule has 0 unspecified atom stereocenters. The summed E-state index contributed by atoms with van der Waals surface area (Å²) in [7, 11) is 3.13. The second kappa shape index (κ2) is 12.5. The van der Waals surface area contributed by atoms with E-state index in [1.165, 1.54) is 31.6 Å². The van der Waals surface area contributed by atoms with Gasteiger partial charge in [0.25, 0.3) is 0 Å². The number of hydrogen-bond acceptors (Lipinski definition) is 7. The number of urea groups is 1. The van der Waals surface area contributed by atoms with Gasteiger partial charge in [-0.05, 0) is 30.3 Å². The first kappa shape index (κ1) is 29.5. The van der Waals surface area contributed by atoms with E-state index in [2.05, 4.69) is 25.9 Å². The lowest BCUT2D eigenvalue weighted by atomic mass is 10.2. The fourth-order valence-corrected chi connectivity index (χ4v) is 2.54. The minimum absolute atomic E-state index is 0.00310. The van der Waals surface area contributed by atoms with Crippen LogP contribution in [0.3, 0.4) is 0 Å². The minimum Gasteiger partial charge on any atom is -0.493 e. The van der Waals surface area contributed by atoms with Crippen LogP contribution in [0.2, 0.25) is 0 Å². The fraction of sp³-hybridized carbons (Fsp3) is 0.182. The van der Waals surface area contributed by atoms with E-state index in [0.29, 0.717) is 23.0 Å². The fourth-order valence-electron chi connectivity index (χ4n) is 2.54. The quantitative estimate of drug-likeness (QED) is 0.293. The predicted molar refractivity (Wildman–Crippen MR) is 122 cm³/mol. The summed E-state index contributed by atoms with van der Waals surface area (Å²) >= 11 is 0. The molecule has 10 nitrogen and oxygen atoms in total. The van der Waals surface area contributed by atoms with Crippen molar-refractivity contribution in [3.05, 3.63) is 60.4 Å². The molecule has 0 spiro atoms. The second-order valence-corrected chi connectivity index (χ2v) is 6.92. The summed E-state index contributed by atoms with van der Waals surface area (Å²) < 4.78 is 81.1. The summed E-state index contributed by atoms with van der Waals surface area (Å²) in [5, 5.41) is 14.9. The van der Waals surface area contributed by atoms with Crippen molar-refractivity contribution < 1.29 is 50.5 Å². The maximum Gasteiger partial charge on any atom is 0.490 e. The number of amides is 2. The Morgan fingerprint density at radius 2 is 1.53 bits per heavy atom. The number of anilines is 3. The molecule has 1 heterocycles. The zero-order chi connectivity index (χ0) is 28.5. The number of benzene rings is 2. The number of aliphatic carboxylic acids is 1. The van der Waals surface area contributed by atoms with Gasteiger partial charge in [0.1, 0.15) is 12.1 Å². The normalized spacial score (nSPS) is 10.9. The first-order chi connectivity index (χ1) is 17.7. The number of carboxylic acids is 1. The molecule has 3 rings (SSSR count). The summed E-state index contributed by atoms with van der Waals surface area (Å²) in [5.74, 6) is -1.27. The zero-order valence-corrected chi connectivity index (χ0v) is 19.4. The van der Waals surface area contributed by atoms with Crippen molar-refractivity contribution in [1.29, 1.82) is 0 Å². The Kier molecular flexibility index (Phi) is 9.67. The molecule has 2 aromatic carbocycles. The van der Waals surface area contributed by atoms with Crippen LogP contribution in [-0.4, -0.2) is 47.4 Å². The van der Waals surface area contributed by atoms with Gasteiger partial charge in [-0.3, -0.25) is 0 Å². The number of carboxylic acid groups (broad SMARTS) is 1. The van der Waals surface area contributed by atoms with E-state index in [9.17, 15) is 31.1 Å². The van der Waals surface area contributed by atoms with Crippen molar-refractivity contribution in [3.8, 4) is 17.4 Å². The first-order valence-electron chi connectivity index (χ1n) is 10.1. The topological polar surface area (TPSA) is 135 Å². The third-order valence-electron chi connectivity index (χ3n) is 4.22. The first-order valence-corrected chi connectivity index (χ1v) is 10.1. The molecule has 38 heavy (non-hydrogen) atoms. The summed E-state index contributed by atoms with van der Waals surface area (Å²) in [6, 6.07) is 9.80. The lowest BCUT2D eigenvalue weighted by molar-refractivity contribution is -0.192. The van der Waals surface area contributed by atoms with Crippen molar-refractivity contribution in [2.45, 2.75) is 12.4 Å². The summed E-state index contributed by atoms with van der Waals surface area (Å²) in [6.45, 7) is 0. The van der Waals surface area contributed by atoms with Crippen LogP contribution in [0.25, 0.3) is 0 Å². The van der Waals surface area contributed by atoms with Crippen LogP contribution in [-0.2, 0) is 11.0 Å². The third-order valence-corrected chi connectivity index (χ3v) is 4.22. The summed E-state index contributed by atoms with van der Waals surface area (Å²) in [5.41, 5.74) is -0.518. The lowest BCUT2D eigenvalue weighted by Crippen LogP contribution is -2.21. The lowest BCUT2D eigenvalue weighted by Gasteiger charge is -2.13. The molecule has 4 N–H and O–H groups in total. The Balaban J connectivity index is 0.000000638. The number of rotatable bonds is 6. The molecule has 0 saturated heterocycles. The number of aromatic nitrogens is 2. The van der Waals surface area contributed by atoms with Crippen LogP contribution in [0.5, 0.6) is 17.4 Å². The van der Waals surface area contributed by atoms with Gasteiger partial charge in [-0.2, -0.15) is 26.3 Å². The molecule has 0 aliphatic carbocycles. The Hall–Kier alpha value is -4.76. The molecule has 16 heteroatoms. The van der Waals surface area contributed by atoms with Gasteiger partial charge in [0.15, 0.2) is 11.5 Å². The van der Waals surface area contributed by atoms with Crippen LogP contribution >= 0.6 is 0 Å². The Bertz CT molecular complexity index is 1270. The van der Waals surface area contributed by atoms with Gasteiger partial charge >= 0.3 is 24.4 Å². The largest absolute Gasteiger partial charge is 0.493 e. The molecule has 2 amide bonds. The molecular weight excluding hydrogens is 528 g/mol. The minimum atomic E-state index is -5.08. The number of halogens is 6. The molecule has 0 bridgehead atoms. The highest BCUT2D eigenvalue weighted by atomic mass is 19.4. The maximum atomic E-state index is 12.8. The van der Waals surface area contributed by atoms with E-state index in [1.807, 2.05) is 0 Å². The standard InChI is InChI=1S/C20H18F3N5O3.C2HF3O2/c1-24-17-10-18(26-11-25-17)31-15-7-6-14(9-16(15)30-2)28-19(29)27-13-5-3-4-12(8-13)20(21,22)23;3-2(4,5)1(6)7/h3-11H,1-2H3,(H,24,25,26)(H2,27,28,29);(H,6,7). The molecule has 0 fully saturated rings. The highest BCUT2D eigenvalue weighted by molar-refractivity contribution is 6.00. The molecule has 1 aromatic heterocycles. The van der Waals surface area contributed by atoms with E-state index in [0.717, 1.165) is 12.1 Å². The van der Waals surface area contributed by atoms with Crippen molar-refractivity contribution in [3.63, 3.8) is 0 Å². The predicted octanol–water partition coefficient (Wildman–Crippen LogP) is 5.62. The number of alkyl halides is 6. The Morgan fingerprint density at radius 1 is 0.895 bits per heavy atom. The molecule has 0 aliphatic rings. The number of carbonyl (C=O) groups excluding carboxylic acids is 1. The number of nitrogens with one attached hydrogen (secondary N) is 3. The van der Waals surface area contributed by atoms with Crippen molar-refractivity contribution in [2.24, 2.45) is 0 Å². The summed E-state index contributed by atoms with van der Waals surface area (Å²) in [4.78, 5) is 29.1. The van der Waals surface area contributed by atoms with Crippen molar-refractivity contribution >= 4 is 29.2 Å². The highest BCUT2D eigenvalue weighted by Crippen LogP contribution is 2.34. The molecule has 0 radical (unpaired) electrons. The van der Waals surface area contributed by atoms with Crippen molar-refractivity contribution in [1.82, 2.24) is 9.97 Å². The van der Waals surface area contributed by atoms with Gasteiger partial charge in [-0.1, -0.05) is 6.07 Å². The average molecular weight is 547 g/mol. The zero-order valence-electron chi connectivity index (χ0n) is 19.4. The van der Waals surface area contributed by atoms with E-state index in [4.69, 9.17) is 19.4 Å². The van der Waals surface area contributed by atoms with Gasteiger partial charge in [0.2, 0.25) is 5.88 Å². The van der Waals surface area contributed by atoms with Gasteiger partial charge in [0.05, 0.1) is 12.7 Å². The summed E-state index contributed by atoms with van der Waals surface area (Å²) in [6.07, 6.45) is -8.25. The SMILES string of the molecule is CNc1cc(Oc2ccc(NC(=O)Nc3cccc(C(F)(F)F)c3)cc2OC)ncn1.O=C(O)C(F)(F)F. The van der Waals surface area contributed by atoms with Gasteiger partial charge < -0.3 is 30.5 Å². The van der Waals surface area contributed by atoms with Gasteiger partial charge in [-0.15, -0.1) is 0 Å². The van der Waals surface area contributed by atoms with E-state index in [1.54, 1.807) is 25.2 Å². The van der Waals surface area contributed by atoms with E-state index >= 15 is 0 Å². The molecule has 0 aliphatic heterocycles. The van der Waals surface area contributed by atoms with Gasteiger partial charge in [0, 0.05) is 30.6 Å². The molecule has 0 atom stereocenters. The van der Waals surface area contributed by atoms with Gasteiger partial charge in [-0.25, -0.2) is 19.6 Å². The average Bonchev–Trinajstić information content (AvgIpc) is 2.84. The number of ether oxygens (including phenoxy) is 2. The number of nitrogens with zero attached hydrogens (tertiary/aromatic N) is 2. The number of methoxy groups -OCH3 is 1. The molecule has 0 saturated carbocycles. The van der Waals surface area contributed by atoms with E-state index in [-0.39, 0.29) is 11.6 Å². The molecular formula is C22H19F6N5O5. The van der Waals surface area contributed by atoms with E-state index < -0.39 is 29.9 Å². The molecule has 3 aromatic rings. The van der Waals surface area contributed by atoms with Crippen LogP contribution in [0.15, 0.2) is 54.9 Å². The number of carbonyl (C=O) groups is 2.